The van der Waals surface area contributed by atoms with E-state index >= 15 is 0 Å². The van der Waals surface area contributed by atoms with Gasteiger partial charge in [-0.15, -0.1) is 0 Å². The fourth-order valence-electron chi connectivity index (χ4n) is 2.33. The molecule has 0 aromatic heterocycles. The lowest BCUT2D eigenvalue weighted by Gasteiger charge is -2.34. The van der Waals surface area contributed by atoms with Crippen LogP contribution in [-0.4, -0.2) is 25.7 Å². The molecule has 0 aliphatic heterocycles. The molecule has 1 rings (SSSR count). The summed E-state index contributed by atoms with van der Waals surface area (Å²) in [5.74, 6) is 0.536. The summed E-state index contributed by atoms with van der Waals surface area (Å²) in [4.78, 5) is 12.5. The molecule has 20 heavy (non-hydrogen) atoms. The minimum absolute atomic E-state index is 0.168. The van der Waals surface area contributed by atoms with Gasteiger partial charge in [0.05, 0.1) is 13.7 Å². The predicted octanol–water partition coefficient (Wildman–Crippen LogP) is 2.86. The van der Waals surface area contributed by atoms with Crippen molar-refractivity contribution in [1.82, 2.24) is 5.32 Å². The molecule has 4 heteroatoms. The van der Waals surface area contributed by atoms with Crippen LogP contribution in [0.15, 0.2) is 24.3 Å². The van der Waals surface area contributed by atoms with Crippen LogP contribution in [0.3, 0.4) is 0 Å². The quantitative estimate of drug-likeness (QED) is 0.780. The van der Waals surface area contributed by atoms with Crippen LogP contribution in [0.4, 0.5) is 0 Å². The van der Waals surface area contributed by atoms with Crippen molar-refractivity contribution in [3.05, 3.63) is 29.8 Å². The van der Waals surface area contributed by atoms with Gasteiger partial charge in [-0.2, -0.15) is 0 Å². The molecule has 0 heterocycles. The Morgan fingerprint density at radius 2 is 1.85 bits per heavy atom. The average molecular weight is 279 g/mol. The third kappa shape index (κ3) is 3.51. The summed E-state index contributed by atoms with van der Waals surface area (Å²) in [6.45, 7) is 8.22. The van der Waals surface area contributed by atoms with E-state index < -0.39 is 5.54 Å². The first-order valence-corrected chi connectivity index (χ1v) is 7.09. The standard InChI is InChI=1S/C16H25NO3/c1-6-16(17-12(3)4,15(18)20-7-2)13-8-10-14(19-5)11-9-13/h8-12,17H,6-7H2,1-5H3. The molecule has 0 aliphatic rings. The van der Waals surface area contributed by atoms with Crippen molar-refractivity contribution in [3.63, 3.8) is 0 Å². The lowest BCUT2D eigenvalue weighted by Crippen LogP contribution is -2.52. The van der Waals surface area contributed by atoms with Crippen LogP contribution in [0.5, 0.6) is 5.75 Å². The molecule has 1 aromatic rings. The highest BCUT2D eigenvalue weighted by Crippen LogP contribution is 2.29. The van der Waals surface area contributed by atoms with Gasteiger partial charge in [0.2, 0.25) is 0 Å². The number of methoxy groups -OCH3 is 1. The maximum atomic E-state index is 12.5. The highest BCUT2D eigenvalue weighted by atomic mass is 16.5. The van der Waals surface area contributed by atoms with Crippen molar-refractivity contribution in [2.75, 3.05) is 13.7 Å². The summed E-state index contributed by atoms with van der Waals surface area (Å²) >= 11 is 0. The van der Waals surface area contributed by atoms with Gasteiger partial charge in [-0.25, -0.2) is 4.79 Å². The van der Waals surface area contributed by atoms with Gasteiger partial charge in [-0.1, -0.05) is 19.1 Å². The van der Waals surface area contributed by atoms with Crippen LogP contribution in [0.25, 0.3) is 0 Å². The molecule has 112 valence electrons. The number of esters is 1. The molecule has 1 unspecified atom stereocenters. The molecule has 0 saturated heterocycles. The van der Waals surface area contributed by atoms with E-state index in [-0.39, 0.29) is 12.0 Å². The van der Waals surface area contributed by atoms with Gasteiger partial charge in [0.15, 0.2) is 0 Å². The fourth-order valence-corrected chi connectivity index (χ4v) is 2.33. The first kappa shape index (κ1) is 16.5. The highest BCUT2D eigenvalue weighted by molar-refractivity contribution is 5.82. The molecule has 4 nitrogen and oxygen atoms in total. The lowest BCUT2D eigenvalue weighted by atomic mass is 9.86. The molecule has 0 bridgehead atoms. The first-order chi connectivity index (χ1) is 9.50. The molecule has 0 spiro atoms. The lowest BCUT2D eigenvalue weighted by molar-refractivity contribution is -0.152. The molecule has 0 fully saturated rings. The Morgan fingerprint density at radius 3 is 2.25 bits per heavy atom. The molecule has 0 radical (unpaired) electrons. The van der Waals surface area contributed by atoms with Crippen molar-refractivity contribution in [1.29, 1.82) is 0 Å². The Labute approximate surface area is 121 Å². The summed E-state index contributed by atoms with van der Waals surface area (Å²) in [6.07, 6.45) is 0.621. The number of hydrogen-bond acceptors (Lipinski definition) is 4. The zero-order valence-corrected chi connectivity index (χ0v) is 13.0. The second-order valence-corrected chi connectivity index (χ2v) is 5.01. The molecular weight excluding hydrogens is 254 g/mol. The Balaban J connectivity index is 3.22. The van der Waals surface area contributed by atoms with Crippen LogP contribution in [-0.2, 0) is 15.1 Å². The number of carbonyl (C=O) groups excluding carboxylic acids is 1. The number of carbonyl (C=O) groups is 1. The van der Waals surface area contributed by atoms with Crippen LogP contribution in [0, 0.1) is 0 Å². The van der Waals surface area contributed by atoms with E-state index in [1.54, 1.807) is 7.11 Å². The Kier molecular flexibility index (Phi) is 6.02. The summed E-state index contributed by atoms with van der Waals surface area (Å²) in [5, 5.41) is 3.37. The van der Waals surface area contributed by atoms with Crippen LogP contribution in [0.1, 0.15) is 39.7 Å². The molecular formula is C16H25NO3. The van der Waals surface area contributed by atoms with E-state index in [1.807, 2.05) is 52.0 Å². The Bertz CT molecular complexity index is 428. The maximum Gasteiger partial charge on any atom is 0.330 e. The van der Waals surface area contributed by atoms with E-state index in [0.29, 0.717) is 13.0 Å². The molecule has 0 aliphatic carbocycles. The van der Waals surface area contributed by atoms with E-state index in [0.717, 1.165) is 11.3 Å². The molecule has 0 amide bonds. The molecule has 1 N–H and O–H groups in total. The fraction of sp³-hybridized carbons (Fsp3) is 0.562. The van der Waals surface area contributed by atoms with Crippen LogP contribution >= 0.6 is 0 Å². The largest absolute Gasteiger partial charge is 0.497 e. The summed E-state index contributed by atoms with van der Waals surface area (Å²) in [5.41, 5.74) is 0.0872. The second kappa shape index (κ2) is 7.29. The normalized spacial score (nSPS) is 13.9. The van der Waals surface area contributed by atoms with Crippen LogP contribution in [0.2, 0.25) is 0 Å². The molecule has 1 aromatic carbocycles. The average Bonchev–Trinajstić information content (AvgIpc) is 2.45. The predicted molar refractivity (Wildman–Crippen MR) is 79.9 cm³/mol. The number of rotatable bonds is 7. The first-order valence-electron chi connectivity index (χ1n) is 7.09. The molecule has 0 saturated carbocycles. The topological polar surface area (TPSA) is 47.6 Å². The SMILES string of the molecule is CCOC(=O)C(CC)(NC(C)C)c1ccc(OC)cc1. The van der Waals surface area contributed by atoms with Gasteiger partial charge in [0.25, 0.3) is 0 Å². The maximum absolute atomic E-state index is 12.5. The van der Waals surface area contributed by atoms with Crippen molar-refractivity contribution in [2.45, 2.75) is 45.7 Å². The van der Waals surface area contributed by atoms with Crippen molar-refractivity contribution < 1.29 is 14.3 Å². The van der Waals surface area contributed by atoms with Crippen LogP contribution < -0.4 is 10.1 Å². The van der Waals surface area contributed by atoms with Crippen molar-refractivity contribution in [3.8, 4) is 5.75 Å². The van der Waals surface area contributed by atoms with Gasteiger partial charge in [0.1, 0.15) is 11.3 Å². The van der Waals surface area contributed by atoms with E-state index in [4.69, 9.17) is 9.47 Å². The summed E-state index contributed by atoms with van der Waals surface area (Å²) in [6, 6.07) is 7.71. The smallest absolute Gasteiger partial charge is 0.330 e. The van der Waals surface area contributed by atoms with Crippen molar-refractivity contribution in [2.24, 2.45) is 0 Å². The second-order valence-electron chi connectivity index (χ2n) is 5.01. The van der Waals surface area contributed by atoms with Gasteiger partial charge < -0.3 is 9.47 Å². The third-order valence-electron chi connectivity index (χ3n) is 3.27. The number of hydrogen-bond donors (Lipinski definition) is 1. The highest BCUT2D eigenvalue weighted by Gasteiger charge is 2.40. The van der Waals surface area contributed by atoms with E-state index in [2.05, 4.69) is 5.32 Å². The van der Waals surface area contributed by atoms with Gasteiger partial charge in [-0.05, 0) is 44.9 Å². The number of nitrogens with one attached hydrogen (secondary N) is 1. The van der Waals surface area contributed by atoms with Gasteiger partial charge in [-0.3, -0.25) is 5.32 Å². The minimum Gasteiger partial charge on any atom is -0.497 e. The van der Waals surface area contributed by atoms with Gasteiger partial charge in [0, 0.05) is 6.04 Å². The Morgan fingerprint density at radius 1 is 1.25 bits per heavy atom. The monoisotopic (exact) mass is 279 g/mol. The minimum atomic E-state index is -0.809. The Hall–Kier alpha value is -1.55. The van der Waals surface area contributed by atoms with Gasteiger partial charge >= 0.3 is 5.97 Å². The third-order valence-corrected chi connectivity index (χ3v) is 3.27. The summed E-state index contributed by atoms with van der Waals surface area (Å²) in [7, 11) is 1.62. The summed E-state index contributed by atoms with van der Waals surface area (Å²) < 4.78 is 10.4. The zero-order chi connectivity index (χ0) is 15.2. The van der Waals surface area contributed by atoms with E-state index in [1.165, 1.54) is 0 Å². The zero-order valence-electron chi connectivity index (χ0n) is 13.0. The molecule has 1 atom stereocenters. The number of benzene rings is 1. The number of ether oxygens (including phenoxy) is 2. The van der Waals surface area contributed by atoms with Crippen molar-refractivity contribution >= 4 is 5.97 Å². The van der Waals surface area contributed by atoms with E-state index in [9.17, 15) is 4.79 Å².